The van der Waals surface area contributed by atoms with Crippen molar-refractivity contribution in [1.29, 1.82) is 0 Å². The summed E-state index contributed by atoms with van der Waals surface area (Å²) in [5.41, 5.74) is 6.65. The molecule has 1 aromatic carbocycles. The molecule has 0 heterocycles. The highest BCUT2D eigenvalue weighted by molar-refractivity contribution is 6.00. The summed E-state index contributed by atoms with van der Waals surface area (Å²) in [5.74, 6) is -0.616. The molecule has 2 aliphatic rings. The molecule has 6 nitrogen and oxygen atoms in total. The van der Waals surface area contributed by atoms with E-state index in [1.807, 2.05) is 0 Å². The number of hydrogen-bond donors (Lipinski definition) is 3. The predicted octanol–water partition coefficient (Wildman–Crippen LogP) is 3.04. The largest absolute Gasteiger partial charge is 0.366 e. The van der Waals surface area contributed by atoms with E-state index in [1.165, 1.54) is 0 Å². The highest BCUT2D eigenvalue weighted by Crippen LogP contribution is 2.29. The fourth-order valence-electron chi connectivity index (χ4n) is 3.78. The van der Waals surface area contributed by atoms with Gasteiger partial charge in [-0.15, -0.1) is 0 Å². The summed E-state index contributed by atoms with van der Waals surface area (Å²) in [7, 11) is 0. The van der Waals surface area contributed by atoms with Gasteiger partial charge in [-0.3, -0.25) is 14.4 Å². The molecule has 1 aromatic rings. The Balaban J connectivity index is 1.75. The topological polar surface area (TPSA) is 101 Å². The van der Waals surface area contributed by atoms with Crippen LogP contribution >= 0.6 is 0 Å². The number of hydrogen-bond acceptors (Lipinski definition) is 3. The van der Waals surface area contributed by atoms with Gasteiger partial charge in [0.1, 0.15) is 0 Å². The number of nitrogens with one attached hydrogen (secondary N) is 2. The van der Waals surface area contributed by atoms with Crippen molar-refractivity contribution in [3.63, 3.8) is 0 Å². The Morgan fingerprint density at radius 2 is 1.16 bits per heavy atom. The van der Waals surface area contributed by atoms with E-state index in [-0.39, 0.29) is 29.2 Å². The molecule has 0 unspecified atom stereocenters. The van der Waals surface area contributed by atoms with E-state index in [2.05, 4.69) is 10.6 Å². The lowest BCUT2D eigenvalue weighted by molar-refractivity contribution is -0.120. The minimum absolute atomic E-state index is 0.0220. The van der Waals surface area contributed by atoms with Gasteiger partial charge in [-0.2, -0.15) is 0 Å². The molecular weight excluding hydrogens is 318 g/mol. The van der Waals surface area contributed by atoms with Gasteiger partial charge in [0.05, 0.1) is 0 Å². The van der Waals surface area contributed by atoms with E-state index in [4.69, 9.17) is 5.73 Å². The Hall–Kier alpha value is -2.37. The van der Waals surface area contributed by atoms with E-state index in [9.17, 15) is 14.4 Å². The van der Waals surface area contributed by atoms with Gasteiger partial charge < -0.3 is 16.4 Å². The normalized spacial score (nSPS) is 18.2. The number of carbonyl (C=O) groups is 3. The molecular formula is C19H25N3O3. The van der Waals surface area contributed by atoms with Crippen LogP contribution in [0.2, 0.25) is 0 Å². The molecule has 6 heteroatoms. The smallest absolute Gasteiger partial charge is 0.248 e. The van der Waals surface area contributed by atoms with Crippen LogP contribution in [0.5, 0.6) is 0 Å². The first-order chi connectivity index (χ1) is 12.0. The Kier molecular flexibility index (Phi) is 5.36. The zero-order chi connectivity index (χ0) is 17.8. The molecule has 0 aromatic heterocycles. The molecule has 0 spiro atoms. The molecule has 2 fully saturated rings. The van der Waals surface area contributed by atoms with Crippen LogP contribution in [-0.4, -0.2) is 17.7 Å². The second kappa shape index (κ2) is 7.68. The molecule has 2 saturated carbocycles. The summed E-state index contributed by atoms with van der Waals surface area (Å²) < 4.78 is 0. The van der Waals surface area contributed by atoms with Gasteiger partial charge in [-0.05, 0) is 43.9 Å². The van der Waals surface area contributed by atoms with Gasteiger partial charge in [0.25, 0.3) is 0 Å². The minimum atomic E-state index is -0.590. The van der Waals surface area contributed by atoms with Crippen LogP contribution < -0.4 is 16.4 Å². The molecule has 0 radical (unpaired) electrons. The van der Waals surface area contributed by atoms with Gasteiger partial charge >= 0.3 is 0 Å². The first kappa shape index (κ1) is 17.5. The first-order valence-electron chi connectivity index (χ1n) is 9.09. The Morgan fingerprint density at radius 1 is 0.760 bits per heavy atom. The number of primary amides is 1. The summed E-state index contributed by atoms with van der Waals surface area (Å²) in [4.78, 5) is 36.2. The maximum atomic E-state index is 12.3. The third-order valence-electron chi connectivity index (χ3n) is 5.20. The third-order valence-corrected chi connectivity index (χ3v) is 5.20. The van der Waals surface area contributed by atoms with E-state index in [1.54, 1.807) is 18.2 Å². The second-order valence-corrected chi connectivity index (χ2v) is 7.10. The summed E-state index contributed by atoms with van der Waals surface area (Å²) in [6.45, 7) is 0. The highest BCUT2D eigenvalue weighted by Gasteiger charge is 2.24. The molecule has 4 N–H and O–H groups in total. The fraction of sp³-hybridized carbons (Fsp3) is 0.526. The lowest BCUT2D eigenvalue weighted by Gasteiger charge is -2.15. The minimum Gasteiger partial charge on any atom is -0.366 e. The summed E-state index contributed by atoms with van der Waals surface area (Å²) in [6.07, 6.45) is 7.87. The first-order valence-corrected chi connectivity index (χ1v) is 9.09. The van der Waals surface area contributed by atoms with Gasteiger partial charge in [0.15, 0.2) is 0 Å². The van der Waals surface area contributed by atoms with Crippen molar-refractivity contribution in [1.82, 2.24) is 0 Å². The molecule has 0 aliphatic heterocycles. The number of amides is 3. The van der Waals surface area contributed by atoms with Crippen LogP contribution in [-0.2, 0) is 9.59 Å². The van der Waals surface area contributed by atoms with Crippen molar-refractivity contribution in [2.45, 2.75) is 51.4 Å². The lowest BCUT2D eigenvalue weighted by Crippen LogP contribution is -2.23. The summed E-state index contributed by atoms with van der Waals surface area (Å²) in [6, 6.07) is 4.80. The number of rotatable bonds is 5. The average Bonchev–Trinajstić information content (AvgIpc) is 3.28. The van der Waals surface area contributed by atoms with Crippen LogP contribution in [0.15, 0.2) is 18.2 Å². The van der Waals surface area contributed by atoms with Crippen molar-refractivity contribution in [3.05, 3.63) is 23.8 Å². The van der Waals surface area contributed by atoms with Gasteiger partial charge in [-0.25, -0.2) is 0 Å². The third kappa shape index (κ3) is 4.38. The highest BCUT2D eigenvalue weighted by atomic mass is 16.2. The van der Waals surface area contributed by atoms with Crippen molar-refractivity contribution in [3.8, 4) is 0 Å². The van der Waals surface area contributed by atoms with E-state index < -0.39 is 5.91 Å². The van der Waals surface area contributed by atoms with Crippen LogP contribution in [0.1, 0.15) is 61.7 Å². The monoisotopic (exact) mass is 343 g/mol. The standard InChI is InChI=1S/C19H25N3O3/c20-17(23)14-9-15(21-18(24)12-5-1-2-6-12)11-16(10-14)22-19(25)13-7-3-4-8-13/h9-13H,1-8H2,(H2,20,23)(H,21,24)(H,22,25). The predicted molar refractivity (Wildman–Crippen MR) is 96.1 cm³/mol. The van der Waals surface area contributed by atoms with E-state index >= 15 is 0 Å². The number of benzene rings is 1. The van der Waals surface area contributed by atoms with Crippen LogP contribution in [0, 0.1) is 11.8 Å². The molecule has 0 atom stereocenters. The molecule has 134 valence electrons. The number of carbonyl (C=O) groups excluding carboxylic acids is 3. The zero-order valence-electron chi connectivity index (χ0n) is 14.3. The average molecular weight is 343 g/mol. The Labute approximate surface area is 147 Å². The van der Waals surface area contributed by atoms with E-state index in [0.717, 1.165) is 51.4 Å². The number of anilines is 2. The molecule has 3 rings (SSSR count). The van der Waals surface area contributed by atoms with Crippen molar-refractivity contribution in [2.24, 2.45) is 17.6 Å². The van der Waals surface area contributed by atoms with Crippen molar-refractivity contribution >= 4 is 29.1 Å². The molecule has 0 bridgehead atoms. The Morgan fingerprint density at radius 3 is 1.52 bits per heavy atom. The van der Waals surface area contributed by atoms with Gasteiger partial charge in [0.2, 0.25) is 17.7 Å². The van der Waals surface area contributed by atoms with E-state index in [0.29, 0.717) is 11.4 Å². The lowest BCUT2D eigenvalue weighted by atomic mass is 10.1. The maximum Gasteiger partial charge on any atom is 0.248 e. The van der Waals surface area contributed by atoms with Crippen LogP contribution in [0.4, 0.5) is 11.4 Å². The van der Waals surface area contributed by atoms with Gasteiger partial charge in [-0.1, -0.05) is 25.7 Å². The quantitative estimate of drug-likeness (QED) is 0.766. The molecule has 25 heavy (non-hydrogen) atoms. The Bertz CT molecular complexity index is 626. The SMILES string of the molecule is NC(=O)c1cc(NC(=O)C2CCCC2)cc(NC(=O)C2CCCC2)c1. The van der Waals surface area contributed by atoms with Crippen LogP contribution in [0.3, 0.4) is 0 Å². The molecule has 0 saturated heterocycles. The van der Waals surface area contributed by atoms with Crippen LogP contribution in [0.25, 0.3) is 0 Å². The van der Waals surface area contributed by atoms with Crippen molar-refractivity contribution < 1.29 is 14.4 Å². The van der Waals surface area contributed by atoms with Gasteiger partial charge in [0, 0.05) is 28.8 Å². The molecule has 3 amide bonds. The van der Waals surface area contributed by atoms with Crippen molar-refractivity contribution in [2.75, 3.05) is 10.6 Å². The molecule has 2 aliphatic carbocycles. The zero-order valence-corrected chi connectivity index (χ0v) is 14.3. The summed E-state index contributed by atoms with van der Waals surface area (Å²) in [5, 5.41) is 5.73. The maximum absolute atomic E-state index is 12.3. The number of nitrogens with two attached hydrogens (primary N) is 1. The fourth-order valence-corrected chi connectivity index (χ4v) is 3.78. The summed E-state index contributed by atoms with van der Waals surface area (Å²) >= 11 is 0. The second-order valence-electron chi connectivity index (χ2n) is 7.10.